The van der Waals surface area contributed by atoms with Crippen LogP contribution in [0.4, 0.5) is 0 Å². The van der Waals surface area contributed by atoms with Crippen LogP contribution in [0.3, 0.4) is 0 Å². The van der Waals surface area contributed by atoms with E-state index >= 15 is 0 Å². The highest BCUT2D eigenvalue weighted by Gasteiger charge is 2.68. The maximum Gasteiger partial charge on any atom is 0.122 e. The number of hydrogen-bond acceptors (Lipinski definition) is 3. The van der Waals surface area contributed by atoms with E-state index in [1.165, 1.54) is 5.56 Å². The summed E-state index contributed by atoms with van der Waals surface area (Å²) in [5.41, 5.74) is 4.59. The fourth-order valence-corrected chi connectivity index (χ4v) is 3.49. The Hall–Kier alpha value is -0.770. The van der Waals surface area contributed by atoms with Gasteiger partial charge in [-0.1, -0.05) is 11.6 Å². The minimum absolute atomic E-state index is 0.188. The van der Waals surface area contributed by atoms with E-state index in [4.69, 9.17) is 22.2 Å². The zero-order valence-corrected chi connectivity index (χ0v) is 9.97. The summed E-state index contributed by atoms with van der Waals surface area (Å²) >= 11 is 6.05. The van der Waals surface area contributed by atoms with Gasteiger partial charge >= 0.3 is 0 Å². The smallest absolute Gasteiger partial charge is 0.122 e. The van der Waals surface area contributed by atoms with E-state index < -0.39 is 0 Å². The SMILES string of the molecule is COc1ccc(Cl)cc1C12CC(NN)(C1)C2. The summed E-state index contributed by atoms with van der Waals surface area (Å²) in [6.45, 7) is 0. The summed E-state index contributed by atoms with van der Waals surface area (Å²) in [5, 5.41) is 0.773. The van der Waals surface area contributed by atoms with Crippen LogP contribution in [0.15, 0.2) is 18.2 Å². The Balaban J connectivity index is 1.94. The molecule has 1 aromatic carbocycles. The summed E-state index contributed by atoms with van der Waals surface area (Å²) in [4.78, 5) is 0. The molecule has 0 radical (unpaired) electrons. The molecular weight excluding hydrogens is 224 g/mol. The maximum absolute atomic E-state index is 6.05. The van der Waals surface area contributed by atoms with Crippen molar-refractivity contribution in [3.05, 3.63) is 28.8 Å². The number of benzene rings is 1. The van der Waals surface area contributed by atoms with Crippen molar-refractivity contribution in [2.24, 2.45) is 5.84 Å². The molecule has 1 aromatic rings. The lowest BCUT2D eigenvalue weighted by Crippen LogP contribution is -2.77. The predicted molar refractivity (Wildman–Crippen MR) is 63.6 cm³/mol. The molecule has 3 nitrogen and oxygen atoms in total. The van der Waals surface area contributed by atoms with Crippen molar-refractivity contribution in [2.75, 3.05) is 7.11 Å². The summed E-state index contributed by atoms with van der Waals surface area (Å²) in [6.07, 6.45) is 3.27. The molecule has 0 heterocycles. The molecule has 3 N–H and O–H groups in total. The quantitative estimate of drug-likeness (QED) is 0.626. The number of methoxy groups -OCH3 is 1. The van der Waals surface area contributed by atoms with Gasteiger partial charge < -0.3 is 4.74 Å². The van der Waals surface area contributed by atoms with E-state index in [9.17, 15) is 0 Å². The predicted octanol–water partition coefficient (Wildman–Crippen LogP) is 1.99. The van der Waals surface area contributed by atoms with Crippen LogP contribution in [0.5, 0.6) is 5.75 Å². The van der Waals surface area contributed by atoms with Crippen LogP contribution < -0.4 is 16.0 Å². The second kappa shape index (κ2) is 3.13. The summed E-state index contributed by atoms with van der Waals surface area (Å²) < 4.78 is 5.40. The lowest BCUT2D eigenvalue weighted by atomic mass is 9.37. The number of halogens is 1. The molecule has 2 bridgehead atoms. The molecule has 0 atom stereocenters. The number of nitrogens with one attached hydrogen (secondary N) is 1. The molecule has 3 aliphatic carbocycles. The topological polar surface area (TPSA) is 47.3 Å². The first-order valence-electron chi connectivity index (χ1n) is 5.45. The lowest BCUT2D eigenvalue weighted by molar-refractivity contribution is -0.0892. The number of rotatable bonds is 3. The molecule has 0 aliphatic heterocycles. The Bertz CT molecular complexity index is 427. The molecule has 0 aromatic heterocycles. The van der Waals surface area contributed by atoms with Crippen molar-refractivity contribution in [2.45, 2.75) is 30.2 Å². The van der Waals surface area contributed by atoms with Gasteiger partial charge in [0.05, 0.1) is 7.11 Å². The van der Waals surface area contributed by atoms with Gasteiger partial charge in [-0.2, -0.15) is 0 Å². The van der Waals surface area contributed by atoms with Crippen LogP contribution in [0.2, 0.25) is 5.02 Å². The Morgan fingerprint density at radius 3 is 2.62 bits per heavy atom. The van der Waals surface area contributed by atoms with Gasteiger partial charge in [0.2, 0.25) is 0 Å². The molecule has 3 aliphatic rings. The summed E-state index contributed by atoms with van der Waals surface area (Å²) in [5.74, 6) is 6.48. The van der Waals surface area contributed by atoms with E-state index in [-0.39, 0.29) is 11.0 Å². The van der Waals surface area contributed by atoms with Crippen LogP contribution in [0, 0.1) is 0 Å². The molecule has 0 spiro atoms. The third-order valence-electron chi connectivity index (χ3n) is 4.07. The Morgan fingerprint density at radius 1 is 1.38 bits per heavy atom. The van der Waals surface area contributed by atoms with Gasteiger partial charge in [-0.25, -0.2) is 0 Å². The van der Waals surface area contributed by atoms with Gasteiger partial charge in [-0.05, 0) is 37.5 Å². The van der Waals surface area contributed by atoms with Gasteiger partial charge in [0.25, 0.3) is 0 Å². The van der Waals surface area contributed by atoms with Crippen molar-refractivity contribution in [3.8, 4) is 5.75 Å². The van der Waals surface area contributed by atoms with Crippen LogP contribution in [0.1, 0.15) is 24.8 Å². The van der Waals surface area contributed by atoms with Crippen LogP contribution in [-0.2, 0) is 5.41 Å². The number of hydrogen-bond donors (Lipinski definition) is 2. The number of ether oxygens (including phenoxy) is 1. The average molecular weight is 239 g/mol. The minimum Gasteiger partial charge on any atom is -0.496 e. The van der Waals surface area contributed by atoms with Crippen LogP contribution >= 0.6 is 11.6 Å². The fourth-order valence-electron chi connectivity index (χ4n) is 3.32. The van der Waals surface area contributed by atoms with Gasteiger partial charge in [-0.15, -0.1) is 0 Å². The highest BCUT2D eigenvalue weighted by atomic mass is 35.5. The average Bonchev–Trinajstić information content (AvgIpc) is 2.15. The maximum atomic E-state index is 6.05. The first-order valence-corrected chi connectivity index (χ1v) is 5.83. The summed E-state index contributed by atoms with van der Waals surface area (Å²) in [7, 11) is 1.70. The monoisotopic (exact) mass is 238 g/mol. The van der Waals surface area contributed by atoms with Crippen LogP contribution in [-0.4, -0.2) is 12.6 Å². The molecule has 3 saturated carbocycles. The standard InChI is InChI=1S/C12H15ClN2O/c1-16-10-3-2-8(13)4-9(10)11-5-12(6-11,7-11)15-14/h2-4,15H,5-7,14H2,1H3. The number of nitrogens with two attached hydrogens (primary N) is 1. The van der Waals surface area contributed by atoms with E-state index in [2.05, 4.69) is 5.43 Å². The van der Waals surface area contributed by atoms with Crippen molar-refractivity contribution in [1.29, 1.82) is 0 Å². The van der Waals surface area contributed by atoms with Crippen molar-refractivity contribution in [1.82, 2.24) is 5.43 Å². The minimum atomic E-state index is 0.188. The van der Waals surface area contributed by atoms with Crippen molar-refractivity contribution in [3.63, 3.8) is 0 Å². The van der Waals surface area contributed by atoms with Gasteiger partial charge in [0.1, 0.15) is 5.75 Å². The van der Waals surface area contributed by atoms with E-state index in [1.807, 2.05) is 18.2 Å². The second-order valence-electron chi connectivity index (χ2n) is 5.08. The first-order chi connectivity index (χ1) is 7.63. The molecule has 3 fully saturated rings. The normalized spacial score (nSPS) is 35.2. The molecule has 16 heavy (non-hydrogen) atoms. The molecule has 0 unspecified atom stereocenters. The molecule has 4 rings (SSSR count). The van der Waals surface area contributed by atoms with Gasteiger partial charge in [-0.3, -0.25) is 11.3 Å². The molecule has 86 valence electrons. The third kappa shape index (κ3) is 1.16. The lowest BCUT2D eigenvalue weighted by Gasteiger charge is -2.70. The van der Waals surface area contributed by atoms with Crippen molar-refractivity contribution >= 4 is 11.6 Å². The highest BCUT2D eigenvalue weighted by Crippen LogP contribution is 2.68. The largest absolute Gasteiger partial charge is 0.496 e. The van der Waals surface area contributed by atoms with E-state index in [0.29, 0.717) is 0 Å². The zero-order valence-electron chi connectivity index (χ0n) is 9.22. The van der Waals surface area contributed by atoms with Crippen LogP contribution in [0.25, 0.3) is 0 Å². The van der Waals surface area contributed by atoms with E-state index in [0.717, 1.165) is 30.0 Å². The molecular formula is C12H15ClN2O. The summed E-state index contributed by atoms with van der Waals surface area (Å²) in [6, 6.07) is 5.84. The Labute approximate surface area is 99.9 Å². The molecule has 4 heteroatoms. The number of hydrazine groups is 1. The first kappa shape index (κ1) is 10.4. The van der Waals surface area contributed by atoms with Crippen molar-refractivity contribution < 1.29 is 4.74 Å². The molecule has 0 amide bonds. The fraction of sp³-hybridized carbons (Fsp3) is 0.500. The highest BCUT2D eigenvalue weighted by molar-refractivity contribution is 6.30. The van der Waals surface area contributed by atoms with Gasteiger partial charge in [0.15, 0.2) is 0 Å². The second-order valence-corrected chi connectivity index (χ2v) is 5.52. The van der Waals surface area contributed by atoms with Gasteiger partial charge in [0, 0.05) is 21.5 Å². The zero-order chi connectivity index (χ0) is 11.4. The third-order valence-corrected chi connectivity index (χ3v) is 4.30. The Kier molecular flexibility index (Phi) is 2.03. The Morgan fingerprint density at radius 2 is 2.06 bits per heavy atom. The van der Waals surface area contributed by atoms with E-state index in [1.54, 1.807) is 7.11 Å². The molecule has 0 saturated heterocycles.